The summed E-state index contributed by atoms with van der Waals surface area (Å²) in [6.07, 6.45) is 0. The number of rotatable bonds is 4. The van der Waals surface area contributed by atoms with Gasteiger partial charge in [0.2, 0.25) is 0 Å². The number of hydrogen-bond acceptors (Lipinski definition) is 3. The lowest BCUT2D eigenvalue weighted by atomic mass is 10.1. The van der Waals surface area contributed by atoms with Gasteiger partial charge in [0.05, 0.1) is 10.6 Å². The molecule has 0 heterocycles. The molecule has 1 N–H and O–H groups in total. The fourth-order valence-corrected chi connectivity index (χ4v) is 3.12. The molecule has 0 aromatic heterocycles. The van der Waals surface area contributed by atoms with Crippen LogP contribution < -0.4 is 4.72 Å². The van der Waals surface area contributed by atoms with Crippen molar-refractivity contribution in [2.45, 2.75) is 25.7 Å². The molecular weight excluding hydrogens is 286 g/mol. The molecule has 0 unspecified atom stereocenters. The molecule has 0 saturated heterocycles. The number of benzene rings is 2. The molecule has 0 radical (unpaired) electrons. The van der Waals surface area contributed by atoms with Crippen molar-refractivity contribution < 1.29 is 13.2 Å². The van der Waals surface area contributed by atoms with Crippen LogP contribution >= 0.6 is 0 Å². The molecule has 0 aliphatic heterocycles. The Hall–Kier alpha value is -2.14. The highest BCUT2D eigenvalue weighted by atomic mass is 32.2. The summed E-state index contributed by atoms with van der Waals surface area (Å²) in [6, 6.07) is 11.5. The average molecular weight is 303 g/mol. The summed E-state index contributed by atoms with van der Waals surface area (Å²) in [5, 5.41) is 0. The van der Waals surface area contributed by atoms with E-state index in [9.17, 15) is 13.2 Å². The highest BCUT2D eigenvalue weighted by molar-refractivity contribution is 7.92. The Kier molecular flexibility index (Phi) is 4.14. The molecule has 0 aliphatic rings. The first kappa shape index (κ1) is 15.3. The van der Waals surface area contributed by atoms with Gasteiger partial charge in [-0.05, 0) is 50.1 Å². The zero-order valence-corrected chi connectivity index (χ0v) is 13.0. The SMILES string of the molecule is CC(=O)c1cccc(S(=O)(=O)Nc2cccc(C)c2C)c1. The fraction of sp³-hybridized carbons (Fsp3) is 0.188. The number of aryl methyl sites for hydroxylation is 1. The summed E-state index contributed by atoms with van der Waals surface area (Å²) in [5.41, 5.74) is 2.80. The van der Waals surface area contributed by atoms with E-state index < -0.39 is 10.0 Å². The number of ketones is 1. The lowest BCUT2D eigenvalue weighted by molar-refractivity contribution is 0.101. The smallest absolute Gasteiger partial charge is 0.261 e. The van der Waals surface area contributed by atoms with Crippen LogP contribution in [0.2, 0.25) is 0 Å². The van der Waals surface area contributed by atoms with Crippen molar-refractivity contribution in [2.24, 2.45) is 0 Å². The lowest BCUT2D eigenvalue weighted by Crippen LogP contribution is -2.14. The molecule has 0 spiro atoms. The highest BCUT2D eigenvalue weighted by Crippen LogP contribution is 2.22. The summed E-state index contributed by atoms with van der Waals surface area (Å²) in [7, 11) is -3.71. The molecule has 110 valence electrons. The third kappa shape index (κ3) is 3.31. The van der Waals surface area contributed by atoms with E-state index >= 15 is 0 Å². The number of Topliss-reactive ketones (excluding diaryl/α,β-unsaturated/α-hetero) is 1. The Balaban J connectivity index is 2.41. The predicted molar refractivity (Wildman–Crippen MR) is 83.2 cm³/mol. The van der Waals surface area contributed by atoms with E-state index in [-0.39, 0.29) is 10.7 Å². The predicted octanol–water partition coefficient (Wildman–Crippen LogP) is 3.31. The standard InChI is InChI=1S/C16H17NO3S/c1-11-6-4-9-16(12(11)2)17-21(19,20)15-8-5-7-14(10-15)13(3)18/h4-10,17H,1-3H3. The Morgan fingerprint density at radius 1 is 1.05 bits per heavy atom. The maximum absolute atomic E-state index is 12.4. The number of sulfonamides is 1. The second-order valence-electron chi connectivity index (χ2n) is 4.94. The minimum Gasteiger partial charge on any atom is -0.295 e. The number of hydrogen-bond donors (Lipinski definition) is 1. The Labute approximate surface area is 124 Å². The van der Waals surface area contributed by atoms with E-state index in [1.807, 2.05) is 19.9 Å². The maximum Gasteiger partial charge on any atom is 0.261 e. The van der Waals surface area contributed by atoms with E-state index in [2.05, 4.69) is 4.72 Å². The third-order valence-corrected chi connectivity index (χ3v) is 4.76. The molecular formula is C16H17NO3S. The Morgan fingerprint density at radius 2 is 1.71 bits per heavy atom. The van der Waals surface area contributed by atoms with Gasteiger partial charge in [0.15, 0.2) is 5.78 Å². The number of nitrogens with one attached hydrogen (secondary N) is 1. The van der Waals surface area contributed by atoms with Gasteiger partial charge in [0, 0.05) is 5.56 Å². The molecule has 0 saturated carbocycles. The van der Waals surface area contributed by atoms with Crippen LogP contribution in [-0.2, 0) is 10.0 Å². The van der Waals surface area contributed by atoms with Gasteiger partial charge in [-0.1, -0.05) is 24.3 Å². The Morgan fingerprint density at radius 3 is 2.38 bits per heavy atom. The normalized spacial score (nSPS) is 11.2. The van der Waals surface area contributed by atoms with Crippen molar-refractivity contribution in [1.29, 1.82) is 0 Å². The van der Waals surface area contributed by atoms with Gasteiger partial charge in [-0.15, -0.1) is 0 Å². The van der Waals surface area contributed by atoms with Gasteiger partial charge < -0.3 is 0 Å². The van der Waals surface area contributed by atoms with Crippen LogP contribution in [-0.4, -0.2) is 14.2 Å². The lowest BCUT2D eigenvalue weighted by Gasteiger charge is -2.12. The third-order valence-electron chi connectivity index (χ3n) is 3.40. The van der Waals surface area contributed by atoms with E-state index in [1.54, 1.807) is 24.3 Å². The first-order valence-corrected chi connectivity index (χ1v) is 7.99. The van der Waals surface area contributed by atoms with Crippen LogP contribution in [0.1, 0.15) is 28.4 Å². The summed E-state index contributed by atoms with van der Waals surface area (Å²) in [6.45, 7) is 5.19. The van der Waals surface area contributed by atoms with Crippen molar-refractivity contribution in [3.8, 4) is 0 Å². The summed E-state index contributed by atoms with van der Waals surface area (Å²) < 4.78 is 27.4. The molecule has 2 aromatic carbocycles. The first-order valence-electron chi connectivity index (χ1n) is 6.51. The van der Waals surface area contributed by atoms with Crippen molar-refractivity contribution in [2.75, 3.05) is 4.72 Å². The van der Waals surface area contributed by atoms with Gasteiger partial charge in [0.1, 0.15) is 0 Å². The molecule has 2 rings (SSSR count). The number of anilines is 1. The zero-order chi connectivity index (χ0) is 15.6. The van der Waals surface area contributed by atoms with Crippen LogP contribution in [0.15, 0.2) is 47.4 Å². The van der Waals surface area contributed by atoms with Gasteiger partial charge in [-0.25, -0.2) is 8.42 Å². The first-order chi connectivity index (χ1) is 9.81. The van der Waals surface area contributed by atoms with E-state index in [0.29, 0.717) is 11.3 Å². The molecule has 0 bridgehead atoms. The number of carbonyl (C=O) groups is 1. The highest BCUT2D eigenvalue weighted by Gasteiger charge is 2.16. The van der Waals surface area contributed by atoms with Crippen molar-refractivity contribution in [1.82, 2.24) is 0 Å². The fourth-order valence-electron chi connectivity index (χ4n) is 1.95. The second kappa shape index (κ2) is 5.69. The van der Waals surface area contributed by atoms with Crippen LogP contribution in [0, 0.1) is 13.8 Å². The van der Waals surface area contributed by atoms with Gasteiger partial charge in [-0.3, -0.25) is 9.52 Å². The molecule has 2 aromatic rings. The van der Waals surface area contributed by atoms with Crippen LogP contribution in [0.5, 0.6) is 0 Å². The quantitative estimate of drug-likeness (QED) is 0.881. The largest absolute Gasteiger partial charge is 0.295 e. The van der Waals surface area contributed by atoms with E-state index in [4.69, 9.17) is 0 Å². The minimum absolute atomic E-state index is 0.0797. The molecule has 5 heteroatoms. The average Bonchev–Trinajstić information content (AvgIpc) is 2.44. The monoisotopic (exact) mass is 303 g/mol. The van der Waals surface area contributed by atoms with E-state index in [1.165, 1.54) is 19.1 Å². The molecule has 0 fully saturated rings. The summed E-state index contributed by atoms with van der Waals surface area (Å²) in [4.78, 5) is 11.4. The molecule has 0 amide bonds. The van der Waals surface area contributed by atoms with Crippen LogP contribution in [0.4, 0.5) is 5.69 Å². The Bertz CT molecular complexity index is 795. The van der Waals surface area contributed by atoms with E-state index in [0.717, 1.165) is 11.1 Å². The van der Waals surface area contributed by atoms with Crippen molar-refractivity contribution in [3.05, 3.63) is 59.2 Å². The van der Waals surface area contributed by atoms with Gasteiger partial charge in [-0.2, -0.15) is 0 Å². The van der Waals surface area contributed by atoms with Gasteiger partial charge >= 0.3 is 0 Å². The number of carbonyl (C=O) groups excluding carboxylic acids is 1. The topological polar surface area (TPSA) is 63.2 Å². The van der Waals surface area contributed by atoms with Gasteiger partial charge in [0.25, 0.3) is 10.0 Å². The van der Waals surface area contributed by atoms with Crippen LogP contribution in [0.25, 0.3) is 0 Å². The summed E-state index contributed by atoms with van der Waals surface area (Å²) in [5.74, 6) is -0.168. The second-order valence-corrected chi connectivity index (χ2v) is 6.62. The van der Waals surface area contributed by atoms with Crippen LogP contribution in [0.3, 0.4) is 0 Å². The van der Waals surface area contributed by atoms with Crippen molar-refractivity contribution >= 4 is 21.5 Å². The molecule has 4 nitrogen and oxygen atoms in total. The minimum atomic E-state index is -3.71. The maximum atomic E-state index is 12.4. The summed E-state index contributed by atoms with van der Waals surface area (Å²) >= 11 is 0. The molecule has 0 aliphatic carbocycles. The van der Waals surface area contributed by atoms with Crippen molar-refractivity contribution in [3.63, 3.8) is 0 Å². The zero-order valence-electron chi connectivity index (χ0n) is 12.2. The molecule has 0 atom stereocenters. The molecule has 21 heavy (non-hydrogen) atoms.